The van der Waals surface area contributed by atoms with Crippen LogP contribution >= 0.6 is 11.3 Å². The normalized spacial score (nSPS) is 11.0. The number of ether oxygens (including phenoxy) is 1. The molecule has 0 aliphatic heterocycles. The third-order valence-corrected chi connectivity index (χ3v) is 6.23. The molecule has 0 aliphatic carbocycles. The average molecular weight is 468 g/mol. The Morgan fingerprint density at radius 1 is 1.06 bits per heavy atom. The number of halogens is 1. The summed E-state index contributed by atoms with van der Waals surface area (Å²) in [5.74, 6) is 0.00701. The maximum atomic E-state index is 14.2. The molecule has 33 heavy (non-hydrogen) atoms. The van der Waals surface area contributed by atoms with E-state index in [0.717, 1.165) is 15.9 Å². The summed E-state index contributed by atoms with van der Waals surface area (Å²) in [6.45, 7) is 0.235. The van der Waals surface area contributed by atoms with Gasteiger partial charge in [0.25, 0.3) is 5.56 Å². The van der Waals surface area contributed by atoms with Gasteiger partial charge < -0.3 is 10.1 Å². The van der Waals surface area contributed by atoms with Crippen molar-refractivity contribution in [3.63, 3.8) is 0 Å². The molecule has 0 spiro atoms. The van der Waals surface area contributed by atoms with Gasteiger partial charge in [-0.15, -0.1) is 11.3 Å². The van der Waals surface area contributed by atoms with Crippen LogP contribution < -0.4 is 21.3 Å². The number of nitrogens with zero attached hydrogens (tertiary/aromatic N) is 2. The zero-order valence-electron chi connectivity index (χ0n) is 17.9. The van der Waals surface area contributed by atoms with Crippen molar-refractivity contribution >= 4 is 27.5 Å². The van der Waals surface area contributed by atoms with E-state index in [0.29, 0.717) is 22.3 Å². The Balaban J connectivity index is 1.52. The molecule has 0 bridgehead atoms. The highest BCUT2D eigenvalue weighted by atomic mass is 32.1. The Kier molecular flexibility index (Phi) is 6.69. The van der Waals surface area contributed by atoms with Crippen LogP contribution in [0.5, 0.6) is 5.75 Å². The molecule has 4 rings (SSSR count). The topological polar surface area (TPSA) is 82.3 Å². The molecular formula is C24H22FN3O4S. The lowest BCUT2D eigenvalue weighted by Crippen LogP contribution is -2.41. The summed E-state index contributed by atoms with van der Waals surface area (Å²) in [5.41, 5.74) is 0.677. The lowest BCUT2D eigenvalue weighted by molar-refractivity contribution is -0.121. The highest BCUT2D eigenvalue weighted by molar-refractivity contribution is 7.17. The van der Waals surface area contributed by atoms with Gasteiger partial charge in [0.15, 0.2) is 0 Å². The second kappa shape index (κ2) is 9.83. The molecule has 0 saturated heterocycles. The van der Waals surface area contributed by atoms with Crippen LogP contribution in [-0.4, -0.2) is 22.2 Å². The van der Waals surface area contributed by atoms with Gasteiger partial charge in [-0.3, -0.25) is 18.7 Å². The fourth-order valence-electron chi connectivity index (χ4n) is 3.53. The van der Waals surface area contributed by atoms with E-state index in [-0.39, 0.29) is 25.4 Å². The quantitative estimate of drug-likeness (QED) is 0.432. The van der Waals surface area contributed by atoms with Crippen LogP contribution in [0.15, 0.2) is 69.6 Å². The van der Waals surface area contributed by atoms with Gasteiger partial charge in [0.2, 0.25) is 5.91 Å². The molecule has 0 radical (unpaired) electrons. The van der Waals surface area contributed by atoms with Crippen LogP contribution in [0.3, 0.4) is 0 Å². The van der Waals surface area contributed by atoms with Crippen molar-refractivity contribution in [1.29, 1.82) is 0 Å². The van der Waals surface area contributed by atoms with Crippen molar-refractivity contribution in [2.24, 2.45) is 0 Å². The first-order valence-corrected chi connectivity index (χ1v) is 11.2. The molecule has 0 saturated carbocycles. The standard InChI is InChI=1S/C24H22FN3O4S/c1-32-18-8-6-16(7-9-18)14-26-21(29)10-12-27-23(30)22-20(11-13-33-22)28(24(27)31)15-17-4-2-3-5-19(17)25/h2-9,11,13H,10,12,14-15H2,1H3,(H,26,29). The number of benzene rings is 2. The first kappa shape index (κ1) is 22.5. The fourth-order valence-corrected chi connectivity index (χ4v) is 4.37. The Morgan fingerprint density at radius 3 is 2.55 bits per heavy atom. The van der Waals surface area contributed by atoms with Crippen molar-refractivity contribution in [3.05, 3.63) is 97.8 Å². The molecule has 2 aromatic carbocycles. The summed E-state index contributed by atoms with van der Waals surface area (Å²) in [4.78, 5) is 38.4. The predicted octanol–water partition coefficient (Wildman–Crippen LogP) is 3.13. The van der Waals surface area contributed by atoms with Crippen molar-refractivity contribution in [2.75, 3.05) is 7.11 Å². The van der Waals surface area contributed by atoms with E-state index in [1.807, 2.05) is 12.1 Å². The average Bonchev–Trinajstić information content (AvgIpc) is 3.32. The van der Waals surface area contributed by atoms with Gasteiger partial charge in [0, 0.05) is 25.1 Å². The monoisotopic (exact) mass is 467 g/mol. The van der Waals surface area contributed by atoms with Crippen LogP contribution in [0.25, 0.3) is 10.2 Å². The predicted molar refractivity (Wildman–Crippen MR) is 125 cm³/mol. The maximum Gasteiger partial charge on any atom is 0.331 e. The molecule has 2 aromatic heterocycles. The summed E-state index contributed by atoms with van der Waals surface area (Å²) >= 11 is 1.21. The molecule has 1 N–H and O–H groups in total. The first-order valence-electron chi connectivity index (χ1n) is 10.3. The largest absolute Gasteiger partial charge is 0.497 e. The van der Waals surface area contributed by atoms with Gasteiger partial charge in [0.05, 0.1) is 19.2 Å². The number of methoxy groups -OCH3 is 1. The van der Waals surface area contributed by atoms with Gasteiger partial charge in [-0.1, -0.05) is 30.3 Å². The van der Waals surface area contributed by atoms with Crippen LogP contribution in [0, 0.1) is 5.82 Å². The van der Waals surface area contributed by atoms with Crippen molar-refractivity contribution < 1.29 is 13.9 Å². The number of hydrogen-bond acceptors (Lipinski definition) is 5. The fraction of sp³-hybridized carbons (Fsp3) is 0.208. The van der Waals surface area contributed by atoms with Gasteiger partial charge in [0.1, 0.15) is 16.3 Å². The Hall–Kier alpha value is -3.72. The van der Waals surface area contributed by atoms with Crippen molar-refractivity contribution in [1.82, 2.24) is 14.5 Å². The smallest absolute Gasteiger partial charge is 0.331 e. The van der Waals surface area contributed by atoms with Crippen molar-refractivity contribution in [2.45, 2.75) is 26.1 Å². The Labute approximate surface area is 192 Å². The van der Waals surface area contributed by atoms with Crippen LogP contribution in [0.1, 0.15) is 17.5 Å². The number of nitrogens with one attached hydrogen (secondary N) is 1. The molecule has 0 atom stereocenters. The van der Waals surface area contributed by atoms with Crippen molar-refractivity contribution in [3.8, 4) is 5.75 Å². The molecule has 0 fully saturated rings. The molecule has 2 heterocycles. The summed E-state index contributed by atoms with van der Waals surface area (Å²) in [6.07, 6.45) is -0.0398. The minimum absolute atomic E-state index is 0.0112. The van der Waals surface area contributed by atoms with Gasteiger partial charge in [-0.25, -0.2) is 9.18 Å². The molecule has 1 amide bonds. The molecule has 170 valence electrons. The number of aromatic nitrogens is 2. The highest BCUT2D eigenvalue weighted by Crippen LogP contribution is 2.17. The summed E-state index contributed by atoms with van der Waals surface area (Å²) in [5, 5.41) is 4.51. The summed E-state index contributed by atoms with van der Waals surface area (Å²) in [7, 11) is 1.58. The third-order valence-electron chi connectivity index (χ3n) is 5.33. The first-order chi connectivity index (χ1) is 16.0. The lowest BCUT2D eigenvalue weighted by Gasteiger charge is -2.13. The second-order valence-corrected chi connectivity index (χ2v) is 8.34. The molecular weight excluding hydrogens is 445 g/mol. The van der Waals surface area contributed by atoms with E-state index in [4.69, 9.17) is 4.74 Å². The third kappa shape index (κ3) is 4.88. The second-order valence-electron chi connectivity index (χ2n) is 7.43. The Morgan fingerprint density at radius 2 is 1.82 bits per heavy atom. The van der Waals surface area contributed by atoms with Crippen LogP contribution in [0.2, 0.25) is 0 Å². The number of fused-ring (bicyclic) bond motifs is 1. The van der Waals surface area contributed by atoms with Crippen LogP contribution in [-0.2, 0) is 24.4 Å². The number of carbonyl (C=O) groups is 1. The number of hydrogen-bond donors (Lipinski definition) is 1. The molecule has 7 nitrogen and oxygen atoms in total. The SMILES string of the molecule is COc1ccc(CNC(=O)CCn2c(=O)c3sccc3n(Cc3ccccc3F)c2=O)cc1. The van der Waals surface area contributed by atoms with E-state index in [9.17, 15) is 18.8 Å². The highest BCUT2D eigenvalue weighted by Gasteiger charge is 2.16. The number of rotatable bonds is 8. The molecule has 4 aromatic rings. The van der Waals surface area contributed by atoms with Gasteiger partial charge in [-0.05, 0) is 35.2 Å². The van der Waals surface area contributed by atoms with E-state index in [1.165, 1.54) is 22.0 Å². The molecule has 9 heteroatoms. The summed E-state index contributed by atoms with van der Waals surface area (Å²) in [6, 6.07) is 15.2. The minimum Gasteiger partial charge on any atom is -0.497 e. The number of carbonyl (C=O) groups excluding carboxylic acids is 1. The van der Waals surface area contributed by atoms with E-state index >= 15 is 0 Å². The van der Waals surface area contributed by atoms with Gasteiger partial charge >= 0.3 is 5.69 Å². The van der Waals surface area contributed by atoms with E-state index in [2.05, 4.69) is 5.32 Å². The number of amides is 1. The number of thiophene rings is 1. The lowest BCUT2D eigenvalue weighted by atomic mass is 10.2. The maximum absolute atomic E-state index is 14.2. The van der Waals surface area contributed by atoms with Gasteiger partial charge in [-0.2, -0.15) is 0 Å². The zero-order chi connectivity index (χ0) is 23.4. The summed E-state index contributed by atoms with van der Waals surface area (Å²) < 4.78 is 22.1. The minimum atomic E-state index is -0.572. The van der Waals surface area contributed by atoms with E-state index in [1.54, 1.807) is 48.9 Å². The van der Waals surface area contributed by atoms with E-state index < -0.39 is 17.1 Å². The Bertz CT molecular complexity index is 1410. The molecule has 0 aliphatic rings. The molecule has 0 unspecified atom stereocenters. The van der Waals surface area contributed by atoms with Crippen LogP contribution in [0.4, 0.5) is 4.39 Å². The zero-order valence-corrected chi connectivity index (χ0v) is 18.7.